The molecule has 0 aliphatic carbocycles. The molecule has 0 aliphatic heterocycles. The first-order valence-corrected chi connectivity index (χ1v) is 3.73. The minimum atomic E-state index is -0.897. The van der Waals surface area contributed by atoms with Crippen LogP contribution < -0.4 is 5.73 Å². The van der Waals surface area contributed by atoms with Gasteiger partial charge in [0, 0.05) is 11.6 Å². The quantitative estimate of drug-likeness (QED) is 0.828. The summed E-state index contributed by atoms with van der Waals surface area (Å²) >= 11 is 0. The van der Waals surface area contributed by atoms with E-state index < -0.39 is 17.7 Å². The lowest BCUT2D eigenvalue weighted by molar-refractivity contribution is 0.528. The largest absolute Gasteiger partial charge is 0.323 e. The Kier molecular flexibility index (Phi) is 5.06. The van der Waals surface area contributed by atoms with E-state index in [9.17, 15) is 8.78 Å². The summed E-state index contributed by atoms with van der Waals surface area (Å²) in [6.07, 6.45) is -0.0994. The SMILES string of the molecule is Cl.N#CC[C@H](N)c1c(F)cccc1F. The van der Waals surface area contributed by atoms with Crippen LogP contribution in [0.3, 0.4) is 0 Å². The second-order valence-corrected chi connectivity index (χ2v) is 2.60. The average Bonchev–Trinajstić information content (AvgIpc) is 2.04. The molecule has 1 aromatic carbocycles. The first kappa shape index (κ1) is 12.8. The predicted molar refractivity (Wildman–Crippen MR) is 50.8 cm³/mol. The fraction of sp³-hybridized carbons (Fsp3) is 0.222. The van der Waals surface area contributed by atoms with Gasteiger partial charge in [-0.15, -0.1) is 12.4 Å². The number of halogens is 3. The Morgan fingerprint density at radius 3 is 2.29 bits per heavy atom. The average molecular weight is 219 g/mol. The number of nitrogens with zero attached hydrogens (tertiary/aromatic N) is 1. The second kappa shape index (κ2) is 5.53. The minimum absolute atomic E-state index is 0. The summed E-state index contributed by atoms with van der Waals surface area (Å²) in [7, 11) is 0. The first-order chi connectivity index (χ1) is 6.16. The first-order valence-electron chi connectivity index (χ1n) is 3.73. The van der Waals surface area contributed by atoms with E-state index in [0.717, 1.165) is 12.1 Å². The molecule has 14 heavy (non-hydrogen) atoms. The zero-order valence-electron chi connectivity index (χ0n) is 7.21. The molecule has 0 spiro atoms. The lowest BCUT2D eigenvalue weighted by atomic mass is 10.0. The van der Waals surface area contributed by atoms with Crippen molar-refractivity contribution in [1.82, 2.24) is 0 Å². The van der Waals surface area contributed by atoms with Crippen LogP contribution in [0.5, 0.6) is 0 Å². The van der Waals surface area contributed by atoms with E-state index in [1.54, 1.807) is 6.07 Å². The highest BCUT2D eigenvalue weighted by molar-refractivity contribution is 5.85. The van der Waals surface area contributed by atoms with Gasteiger partial charge in [0.05, 0.1) is 12.5 Å². The molecule has 1 rings (SSSR count). The van der Waals surface area contributed by atoms with E-state index in [1.165, 1.54) is 6.07 Å². The molecule has 76 valence electrons. The molecule has 0 saturated carbocycles. The normalized spacial score (nSPS) is 11.3. The van der Waals surface area contributed by atoms with E-state index in [2.05, 4.69) is 0 Å². The van der Waals surface area contributed by atoms with Crippen molar-refractivity contribution in [3.8, 4) is 6.07 Å². The van der Waals surface area contributed by atoms with E-state index in [-0.39, 0.29) is 24.4 Å². The van der Waals surface area contributed by atoms with Crippen LogP contribution in [0.25, 0.3) is 0 Å². The summed E-state index contributed by atoms with van der Waals surface area (Å²) in [5.41, 5.74) is 5.19. The van der Waals surface area contributed by atoms with Crippen molar-refractivity contribution in [3.63, 3.8) is 0 Å². The maximum atomic E-state index is 13.0. The maximum Gasteiger partial charge on any atom is 0.130 e. The highest BCUT2D eigenvalue weighted by Gasteiger charge is 2.15. The lowest BCUT2D eigenvalue weighted by Crippen LogP contribution is -2.13. The van der Waals surface area contributed by atoms with Crippen LogP contribution in [-0.2, 0) is 0 Å². The second-order valence-electron chi connectivity index (χ2n) is 2.60. The molecule has 2 nitrogen and oxygen atoms in total. The van der Waals surface area contributed by atoms with Crippen molar-refractivity contribution in [1.29, 1.82) is 5.26 Å². The van der Waals surface area contributed by atoms with Crippen molar-refractivity contribution in [2.24, 2.45) is 5.73 Å². The summed E-state index contributed by atoms with van der Waals surface area (Å²) in [6.45, 7) is 0. The Bertz CT molecular complexity index is 329. The smallest absolute Gasteiger partial charge is 0.130 e. The monoisotopic (exact) mass is 218 g/mol. The van der Waals surface area contributed by atoms with Crippen LogP contribution in [0.2, 0.25) is 0 Å². The minimum Gasteiger partial charge on any atom is -0.323 e. The third-order valence-corrected chi connectivity index (χ3v) is 1.68. The van der Waals surface area contributed by atoms with Gasteiger partial charge in [-0.25, -0.2) is 8.78 Å². The standard InChI is InChI=1S/C9H8F2N2.ClH/c10-6-2-1-3-7(11)9(6)8(13)4-5-12;/h1-3,8H,4,13H2;1H/t8-;/m0./s1. The molecule has 0 amide bonds. The summed E-state index contributed by atoms with van der Waals surface area (Å²) in [4.78, 5) is 0. The molecule has 0 heterocycles. The Hall–Kier alpha value is -1.18. The van der Waals surface area contributed by atoms with Crippen LogP contribution in [0.15, 0.2) is 18.2 Å². The van der Waals surface area contributed by atoms with Crippen molar-refractivity contribution >= 4 is 12.4 Å². The molecule has 0 aliphatic rings. The predicted octanol–water partition coefficient (Wildman–Crippen LogP) is 2.30. The number of rotatable bonds is 2. The summed E-state index contributed by atoms with van der Waals surface area (Å²) < 4.78 is 26.0. The topological polar surface area (TPSA) is 49.8 Å². The van der Waals surface area contributed by atoms with E-state index in [0.29, 0.717) is 0 Å². The van der Waals surface area contributed by atoms with Gasteiger partial charge in [-0.3, -0.25) is 0 Å². The van der Waals surface area contributed by atoms with E-state index in [1.807, 2.05) is 0 Å². The molecule has 1 atom stereocenters. The molecule has 0 unspecified atom stereocenters. The highest BCUT2D eigenvalue weighted by Crippen LogP contribution is 2.20. The highest BCUT2D eigenvalue weighted by atomic mass is 35.5. The number of hydrogen-bond donors (Lipinski definition) is 1. The van der Waals surface area contributed by atoms with Gasteiger partial charge >= 0.3 is 0 Å². The van der Waals surface area contributed by atoms with Crippen LogP contribution in [0.4, 0.5) is 8.78 Å². The zero-order valence-corrected chi connectivity index (χ0v) is 8.02. The van der Waals surface area contributed by atoms with Gasteiger partial charge in [-0.05, 0) is 12.1 Å². The van der Waals surface area contributed by atoms with Crippen LogP contribution in [0, 0.1) is 23.0 Å². The molecule has 0 radical (unpaired) electrons. The molecule has 5 heteroatoms. The zero-order chi connectivity index (χ0) is 9.84. The Balaban J connectivity index is 0.00000169. The molecule has 0 saturated heterocycles. The van der Waals surface area contributed by atoms with Crippen LogP contribution >= 0.6 is 12.4 Å². The molecular weight excluding hydrogens is 210 g/mol. The summed E-state index contributed by atoms with van der Waals surface area (Å²) in [6, 6.07) is 4.36. The fourth-order valence-electron chi connectivity index (χ4n) is 1.07. The van der Waals surface area contributed by atoms with Crippen molar-refractivity contribution in [2.45, 2.75) is 12.5 Å². The summed E-state index contributed by atoms with van der Waals surface area (Å²) in [5.74, 6) is -1.41. The molecule has 2 N–H and O–H groups in total. The van der Waals surface area contributed by atoms with Gasteiger partial charge in [-0.2, -0.15) is 5.26 Å². The molecule has 0 aromatic heterocycles. The molecule has 0 bridgehead atoms. The molecule has 0 fully saturated rings. The summed E-state index contributed by atoms with van der Waals surface area (Å²) in [5, 5.41) is 8.30. The van der Waals surface area contributed by atoms with Gasteiger partial charge in [0.1, 0.15) is 11.6 Å². The van der Waals surface area contributed by atoms with Crippen molar-refractivity contribution < 1.29 is 8.78 Å². The lowest BCUT2D eigenvalue weighted by Gasteiger charge is -2.09. The number of hydrogen-bond acceptors (Lipinski definition) is 2. The van der Waals surface area contributed by atoms with Crippen molar-refractivity contribution in [2.75, 3.05) is 0 Å². The third-order valence-electron chi connectivity index (χ3n) is 1.68. The van der Waals surface area contributed by atoms with Crippen molar-refractivity contribution in [3.05, 3.63) is 35.4 Å². The van der Waals surface area contributed by atoms with Crippen LogP contribution in [0.1, 0.15) is 18.0 Å². The molecular formula is C9H9ClF2N2. The Morgan fingerprint density at radius 2 is 1.86 bits per heavy atom. The number of benzene rings is 1. The Labute approximate surface area is 86.7 Å². The van der Waals surface area contributed by atoms with Gasteiger partial charge in [0.2, 0.25) is 0 Å². The van der Waals surface area contributed by atoms with Crippen LogP contribution in [-0.4, -0.2) is 0 Å². The fourth-order valence-corrected chi connectivity index (χ4v) is 1.07. The van der Waals surface area contributed by atoms with Gasteiger partial charge in [0.25, 0.3) is 0 Å². The van der Waals surface area contributed by atoms with E-state index >= 15 is 0 Å². The van der Waals surface area contributed by atoms with Gasteiger partial charge in [0.15, 0.2) is 0 Å². The van der Waals surface area contributed by atoms with Gasteiger partial charge < -0.3 is 5.73 Å². The maximum absolute atomic E-state index is 13.0. The Morgan fingerprint density at radius 1 is 1.36 bits per heavy atom. The third kappa shape index (κ3) is 2.66. The number of nitriles is 1. The van der Waals surface area contributed by atoms with Gasteiger partial charge in [-0.1, -0.05) is 6.07 Å². The number of nitrogens with two attached hydrogens (primary N) is 1. The molecule has 1 aromatic rings. The van der Waals surface area contributed by atoms with E-state index in [4.69, 9.17) is 11.0 Å².